The summed E-state index contributed by atoms with van der Waals surface area (Å²) in [6.07, 6.45) is 0.859. The molecule has 0 fully saturated rings. The number of anilines is 1. The van der Waals surface area contributed by atoms with Gasteiger partial charge < -0.3 is 19.8 Å². The molecule has 0 saturated carbocycles. The molecule has 0 spiro atoms. The van der Waals surface area contributed by atoms with E-state index in [0.29, 0.717) is 18.8 Å². The molecule has 0 radical (unpaired) electrons. The Hall–Kier alpha value is -2.27. The lowest BCUT2D eigenvalue weighted by atomic mass is 10.1. The van der Waals surface area contributed by atoms with Crippen molar-refractivity contribution in [3.05, 3.63) is 53.3 Å². The highest BCUT2D eigenvalue weighted by atomic mass is 16.5. The van der Waals surface area contributed by atoms with Crippen molar-refractivity contribution in [2.45, 2.75) is 13.0 Å². The van der Waals surface area contributed by atoms with Gasteiger partial charge in [0.2, 0.25) is 0 Å². The number of hydrogen-bond donors (Lipinski definition) is 2. The predicted molar refractivity (Wildman–Crippen MR) is 81.5 cm³/mol. The molecule has 21 heavy (non-hydrogen) atoms. The van der Waals surface area contributed by atoms with Crippen molar-refractivity contribution in [3.8, 4) is 0 Å². The minimum absolute atomic E-state index is 0.359. The van der Waals surface area contributed by atoms with Crippen LogP contribution in [0.15, 0.2) is 36.4 Å². The number of carbonyl (C=O) groups is 1. The topological polar surface area (TPSA) is 63.4 Å². The molecule has 5 nitrogen and oxygen atoms in total. The fourth-order valence-corrected chi connectivity index (χ4v) is 2.09. The van der Waals surface area contributed by atoms with E-state index < -0.39 is 0 Å². The number of H-pyrrole nitrogens is 1. The van der Waals surface area contributed by atoms with Gasteiger partial charge in [-0.25, -0.2) is 4.79 Å². The Morgan fingerprint density at radius 2 is 2.00 bits per heavy atom. The standard InChI is InChI=1S/C16H20N2O3/c1-20-10-9-12-5-3-4-6-14(12)17-11-13-7-8-15(18-13)16(19)21-2/h3-8,17-18H,9-11H2,1-2H3. The third-order valence-electron chi connectivity index (χ3n) is 3.21. The van der Waals surface area contributed by atoms with Gasteiger partial charge in [-0.15, -0.1) is 0 Å². The summed E-state index contributed by atoms with van der Waals surface area (Å²) in [6.45, 7) is 1.30. The molecule has 0 bridgehead atoms. The minimum atomic E-state index is -0.359. The first-order valence-corrected chi connectivity index (χ1v) is 6.81. The van der Waals surface area contributed by atoms with E-state index in [2.05, 4.69) is 21.1 Å². The molecule has 2 aromatic rings. The van der Waals surface area contributed by atoms with Crippen LogP contribution < -0.4 is 5.32 Å². The lowest BCUT2D eigenvalue weighted by Crippen LogP contribution is -2.06. The zero-order valence-electron chi connectivity index (χ0n) is 12.3. The molecule has 1 heterocycles. The number of carbonyl (C=O) groups excluding carboxylic acids is 1. The smallest absolute Gasteiger partial charge is 0.354 e. The van der Waals surface area contributed by atoms with Crippen molar-refractivity contribution >= 4 is 11.7 Å². The lowest BCUT2D eigenvalue weighted by Gasteiger charge is -2.11. The number of hydrogen-bond acceptors (Lipinski definition) is 4. The summed E-state index contributed by atoms with van der Waals surface area (Å²) in [5.41, 5.74) is 3.67. The van der Waals surface area contributed by atoms with Gasteiger partial charge in [0.25, 0.3) is 0 Å². The van der Waals surface area contributed by atoms with Crippen molar-refractivity contribution in [3.63, 3.8) is 0 Å². The Balaban J connectivity index is 1.99. The Bertz CT molecular complexity index is 593. The zero-order chi connectivity index (χ0) is 15.1. The van der Waals surface area contributed by atoms with Crippen molar-refractivity contribution in [2.75, 3.05) is 26.1 Å². The van der Waals surface area contributed by atoms with E-state index in [9.17, 15) is 4.79 Å². The first-order chi connectivity index (χ1) is 10.2. The SMILES string of the molecule is COCCc1ccccc1NCc1ccc(C(=O)OC)[nH]1. The van der Waals surface area contributed by atoms with Gasteiger partial charge in [0, 0.05) is 18.5 Å². The normalized spacial score (nSPS) is 10.4. The Morgan fingerprint density at radius 1 is 1.19 bits per heavy atom. The molecule has 0 saturated heterocycles. The summed E-state index contributed by atoms with van der Waals surface area (Å²) in [5.74, 6) is -0.359. The molecule has 0 aliphatic rings. The monoisotopic (exact) mass is 288 g/mol. The number of aromatic nitrogens is 1. The van der Waals surface area contributed by atoms with Crippen LogP contribution in [0.25, 0.3) is 0 Å². The van der Waals surface area contributed by atoms with E-state index in [1.165, 1.54) is 12.7 Å². The fraction of sp³-hybridized carbons (Fsp3) is 0.312. The molecule has 2 rings (SSSR count). The van der Waals surface area contributed by atoms with Crippen LogP contribution in [0, 0.1) is 0 Å². The molecule has 0 unspecified atom stereocenters. The van der Waals surface area contributed by atoms with Crippen LogP contribution in [0.1, 0.15) is 21.7 Å². The third kappa shape index (κ3) is 4.10. The molecule has 0 atom stereocenters. The molecule has 0 amide bonds. The molecular weight excluding hydrogens is 268 g/mol. The van der Waals surface area contributed by atoms with Crippen LogP contribution in [0.3, 0.4) is 0 Å². The van der Waals surface area contributed by atoms with Crippen LogP contribution in [0.2, 0.25) is 0 Å². The molecule has 0 aliphatic heterocycles. The summed E-state index contributed by atoms with van der Waals surface area (Å²) in [4.78, 5) is 14.4. The third-order valence-corrected chi connectivity index (χ3v) is 3.21. The summed E-state index contributed by atoms with van der Waals surface area (Å²) in [5, 5.41) is 3.37. The largest absolute Gasteiger partial charge is 0.464 e. The second kappa shape index (κ2) is 7.50. The number of para-hydroxylation sites is 1. The van der Waals surface area contributed by atoms with Gasteiger partial charge in [-0.2, -0.15) is 0 Å². The molecule has 112 valence electrons. The van der Waals surface area contributed by atoms with Crippen molar-refractivity contribution in [2.24, 2.45) is 0 Å². The van der Waals surface area contributed by atoms with E-state index in [0.717, 1.165) is 17.8 Å². The molecular formula is C16H20N2O3. The highest BCUT2D eigenvalue weighted by molar-refractivity contribution is 5.87. The second-order valence-electron chi connectivity index (χ2n) is 4.64. The molecule has 5 heteroatoms. The van der Waals surface area contributed by atoms with Crippen LogP contribution in [0.5, 0.6) is 0 Å². The van der Waals surface area contributed by atoms with E-state index in [1.54, 1.807) is 13.2 Å². The molecule has 1 aromatic heterocycles. The maximum Gasteiger partial charge on any atom is 0.354 e. The van der Waals surface area contributed by atoms with Gasteiger partial charge >= 0.3 is 5.97 Å². The number of aromatic amines is 1. The minimum Gasteiger partial charge on any atom is -0.464 e. The Kier molecular flexibility index (Phi) is 5.40. The van der Waals surface area contributed by atoms with Gasteiger partial charge in [-0.05, 0) is 30.2 Å². The summed E-state index contributed by atoms with van der Waals surface area (Å²) >= 11 is 0. The van der Waals surface area contributed by atoms with E-state index in [1.807, 2.05) is 24.3 Å². The summed E-state index contributed by atoms with van der Waals surface area (Å²) < 4.78 is 9.79. The van der Waals surface area contributed by atoms with Crippen molar-refractivity contribution in [1.82, 2.24) is 4.98 Å². The molecule has 0 aliphatic carbocycles. The maximum atomic E-state index is 11.4. The van der Waals surface area contributed by atoms with Crippen LogP contribution >= 0.6 is 0 Å². The number of benzene rings is 1. The maximum absolute atomic E-state index is 11.4. The van der Waals surface area contributed by atoms with Crippen LogP contribution in [-0.4, -0.2) is 31.8 Å². The van der Waals surface area contributed by atoms with E-state index >= 15 is 0 Å². The second-order valence-corrected chi connectivity index (χ2v) is 4.64. The first-order valence-electron chi connectivity index (χ1n) is 6.81. The van der Waals surface area contributed by atoms with E-state index in [-0.39, 0.29) is 5.97 Å². The highest BCUT2D eigenvalue weighted by Gasteiger charge is 2.08. The predicted octanol–water partition coefficient (Wildman–Crippen LogP) is 2.60. The first kappa shape index (κ1) is 15.1. The quantitative estimate of drug-likeness (QED) is 0.769. The number of ether oxygens (including phenoxy) is 2. The number of nitrogens with one attached hydrogen (secondary N) is 2. The van der Waals surface area contributed by atoms with Crippen molar-refractivity contribution < 1.29 is 14.3 Å². The van der Waals surface area contributed by atoms with Gasteiger partial charge in [0.1, 0.15) is 5.69 Å². The Morgan fingerprint density at radius 3 is 2.76 bits per heavy atom. The van der Waals surface area contributed by atoms with Gasteiger partial charge in [-0.1, -0.05) is 18.2 Å². The molecule has 2 N–H and O–H groups in total. The molecule has 1 aromatic carbocycles. The van der Waals surface area contributed by atoms with Crippen molar-refractivity contribution in [1.29, 1.82) is 0 Å². The zero-order valence-corrected chi connectivity index (χ0v) is 12.3. The fourth-order valence-electron chi connectivity index (χ4n) is 2.09. The average Bonchev–Trinajstić information content (AvgIpc) is 3.00. The van der Waals surface area contributed by atoms with Gasteiger partial charge in [-0.3, -0.25) is 0 Å². The number of methoxy groups -OCH3 is 2. The van der Waals surface area contributed by atoms with Crippen LogP contribution in [0.4, 0.5) is 5.69 Å². The van der Waals surface area contributed by atoms with E-state index in [4.69, 9.17) is 4.74 Å². The van der Waals surface area contributed by atoms with Crippen LogP contribution in [-0.2, 0) is 22.4 Å². The average molecular weight is 288 g/mol. The van der Waals surface area contributed by atoms with Gasteiger partial charge in [0.05, 0.1) is 20.3 Å². The number of esters is 1. The summed E-state index contributed by atoms with van der Waals surface area (Å²) in [6, 6.07) is 11.7. The summed E-state index contributed by atoms with van der Waals surface area (Å²) in [7, 11) is 3.07. The Labute approximate surface area is 124 Å². The highest BCUT2D eigenvalue weighted by Crippen LogP contribution is 2.17. The number of rotatable bonds is 7. The van der Waals surface area contributed by atoms with Gasteiger partial charge in [0.15, 0.2) is 0 Å². The lowest BCUT2D eigenvalue weighted by molar-refractivity contribution is 0.0594.